The summed E-state index contributed by atoms with van der Waals surface area (Å²) < 4.78 is 0. The zero-order chi connectivity index (χ0) is 8.69. The third-order valence-corrected chi connectivity index (χ3v) is 1.38. The van der Waals surface area contributed by atoms with Crippen LogP contribution in [0.2, 0.25) is 0 Å². The van der Waals surface area contributed by atoms with Gasteiger partial charge in [-0.2, -0.15) is 0 Å². The minimum absolute atomic E-state index is 0.0785. The van der Waals surface area contributed by atoms with Crippen molar-refractivity contribution < 1.29 is 9.90 Å². The van der Waals surface area contributed by atoms with Crippen molar-refractivity contribution in [2.75, 3.05) is 33.3 Å². The molecule has 1 amide bonds. The van der Waals surface area contributed by atoms with Crippen LogP contribution in [0.3, 0.4) is 0 Å². The van der Waals surface area contributed by atoms with Gasteiger partial charge in [-0.15, -0.1) is 0 Å². The van der Waals surface area contributed by atoms with Gasteiger partial charge in [-0.3, -0.25) is 9.69 Å². The second-order valence-electron chi connectivity index (χ2n) is 2.38. The average Bonchev–Trinajstić information content (AvgIpc) is 2.00. The van der Waals surface area contributed by atoms with E-state index >= 15 is 0 Å². The molecule has 0 saturated carbocycles. The van der Waals surface area contributed by atoms with E-state index in [0.29, 0.717) is 6.54 Å². The molecule has 1 radical (unpaired) electrons. The summed E-state index contributed by atoms with van der Waals surface area (Å²) >= 11 is 0. The first-order valence-corrected chi connectivity index (χ1v) is 3.74. The van der Waals surface area contributed by atoms with Gasteiger partial charge < -0.3 is 5.32 Å². The molecule has 0 rings (SSSR count). The van der Waals surface area contributed by atoms with E-state index in [2.05, 4.69) is 5.32 Å². The van der Waals surface area contributed by atoms with Crippen molar-refractivity contribution in [2.45, 2.75) is 6.92 Å². The number of carbonyl (C=O) groups excluding carboxylic acids is 1. The third kappa shape index (κ3) is 5.82. The molecular formula is C7H15N2O2. The summed E-state index contributed by atoms with van der Waals surface area (Å²) in [6.07, 6.45) is 0. The number of carbonyl (C=O) groups is 1. The first kappa shape index (κ1) is 10.4. The SMILES string of the molecule is CCN(C)CC(=O)NCC[O]. The molecule has 0 heterocycles. The molecule has 0 aromatic carbocycles. The van der Waals surface area contributed by atoms with Crippen molar-refractivity contribution in [2.24, 2.45) is 0 Å². The molecule has 0 aromatic rings. The van der Waals surface area contributed by atoms with Crippen molar-refractivity contribution in [1.82, 2.24) is 10.2 Å². The zero-order valence-electron chi connectivity index (χ0n) is 7.09. The van der Waals surface area contributed by atoms with Gasteiger partial charge in [0.1, 0.15) is 0 Å². The Bertz CT molecular complexity index is 117. The molecule has 0 spiro atoms. The summed E-state index contributed by atoms with van der Waals surface area (Å²) in [6, 6.07) is 0. The zero-order valence-corrected chi connectivity index (χ0v) is 7.09. The quantitative estimate of drug-likeness (QED) is 0.587. The van der Waals surface area contributed by atoms with Crippen molar-refractivity contribution in [1.29, 1.82) is 0 Å². The van der Waals surface area contributed by atoms with Gasteiger partial charge in [0.25, 0.3) is 0 Å². The van der Waals surface area contributed by atoms with Crippen LogP contribution < -0.4 is 5.32 Å². The fraction of sp³-hybridized carbons (Fsp3) is 0.857. The van der Waals surface area contributed by atoms with E-state index in [1.807, 2.05) is 18.9 Å². The van der Waals surface area contributed by atoms with E-state index in [0.717, 1.165) is 6.54 Å². The lowest BCUT2D eigenvalue weighted by molar-refractivity contribution is -0.122. The molecular weight excluding hydrogens is 144 g/mol. The monoisotopic (exact) mass is 159 g/mol. The molecule has 4 heteroatoms. The van der Waals surface area contributed by atoms with Crippen LogP contribution in [0.4, 0.5) is 0 Å². The van der Waals surface area contributed by atoms with Gasteiger partial charge >= 0.3 is 0 Å². The first-order chi connectivity index (χ1) is 5.20. The molecule has 0 bridgehead atoms. The highest BCUT2D eigenvalue weighted by molar-refractivity contribution is 5.77. The van der Waals surface area contributed by atoms with E-state index < -0.39 is 0 Å². The topological polar surface area (TPSA) is 52.2 Å². The molecule has 11 heavy (non-hydrogen) atoms. The number of amides is 1. The van der Waals surface area contributed by atoms with Gasteiger partial charge in [-0.05, 0) is 13.6 Å². The minimum atomic E-state index is -0.248. The van der Waals surface area contributed by atoms with E-state index in [1.54, 1.807) is 0 Å². The number of likely N-dealkylation sites (N-methyl/N-ethyl adjacent to an activating group) is 1. The van der Waals surface area contributed by atoms with Gasteiger partial charge in [0.2, 0.25) is 5.91 Å². The van der Waals surface area contributed by atoms with Crippen molar-refractivity contribution >= 4 is 5.91 Å². The fourth-order valence-electron chi connectivity index (χ4n) is 0.603. The molecule has 0 atom stereocenters. The number of hydrogen-bond donors (Lipinski definition) is 1. The molecule has 0 saturated heterocycles. The number of hydrogen-bond acceptors (Lipinski definition) is 2. The van der Waals surface area contributed by atoms with Crippen LogP contribution in [-0.4, -0.2) is 44.1 Å². The lowest BCUT2D eigenvalue weighted by atomic mass is 10.5. The maximum Gasteiger partial charge on any atom is 0.234 e. The molecule has 0 fully saturated rings. The Labute approximate surface area is 67.2 Å². The lowest BCUT2D eigenvalue weighted by Gasteiger charge is -2.12. The van der Waals surface area contributed by atoms with Crippen LogP contribution >= 0.6 is 0 Å². The summed E-state index contributed by atoms with van der Waals surface area (Å²) in [6.45, 7) is 3.17. The summed E-state index contributed by atoms with van der Waals surface area (Å²) in [5, 5.41) is 12.5. The van der Waals surface area contributed by atoms with E-state index in [-0.39, 0.29) is 19.1 Å². The van der Waals surface area contributed by atoms with Crippen LogP contribution in [-0.2, 0) is 9.90 Å². The van der Waals surface area contributed by atoms with Gasteiger partial charge in [0.15, 0.2) is 0 Å². The Morgan fingerprint density at radius 1 is 1.55 bits per heavy atom. The predicted molar refractivity (Wildman–Crippen MR) is 41.7 cm³/mol. The summed E-state index contributed by atoms with van der Waals surface area (Å²) in [4.78, 5) is 12.8. The van der Waals surface area contributed by atoms with Gasteiger partial charge in [-0.1, -0.05) is 6.92 Å². The number of nitrogens with one attached hydrogen (secondary N) is 1. The summed E-state index contributed by atoms with van der Waals surface area (Å²) in [5.41, 5.74) is 0. The van der Waals surface area contributed by atoms with Crippen LogP contribution in [0, 0.1) is 0 Å². The summed E-state index contributed by atoms with van der Waals surface area (Å²) in [5.74, 6) is -0.0785. The Morgan fingerprint density at radius 3 is 2.64 bits per heavy atom. The number of nitrogens with zero attached hydrogens (tertiary/aromatic N) is 1. The van der Waals surface area contributed by atoms with Crippen molar-refractivity contribution in [3.63, 3.8) is 0 Å². The van der Waals surface area contributed by atoms with Crippen LogP contribution in [0.15, 0.2) is 0 Å². The molecule has 65 valence electrons. The second kappa shape index (κ2) is 6.12. The smallest absolute Gasteiger partial charge is 0.234 e. The molecule has 4 nitrogen and oxygen atoms in total. The normalized spacial score (nSPS) is 10.2. The molecule has 0 aliphatic carbocycles. The maximum absolute atomic E-state index is 10.9. The number of rotatable bonds is 5. The fourth-order valence-corrected chi connectivity index (χ4v) is 0.603. The van der Waals surface area contributed by atoms with E-state index in [1.165, 1.54) is 0 Å². The third-order valence-electron chi connectivity index (χ3n) is 1.38. The minimum Gasteiger partial charge on any atom is -0.353 e. The van der Waals surface area contributed by atoms with Gasteiger partial charge in [0, 0.05) is 6.54 Å². The average molecular weight is 159 g/mol. The van der Waals surface area contributed by atoms with Crippen molar-refractivity contribution in [3.8, 4) is 0 Å². The highest BCUT2D eigenvalue weighted by Gasteiger charge is 2.02. The van der Waals surface area contributed by atoms with E-state index in [9.17, 15) is 9.90 Å². The standard InChI is InChI=1S/C7H15N2O2/c1-3-9(2)6-7(11)8-4-5-10/h3-6H2,1-2H3,(H,8,11). The molecule has 0 unspecified atom stereocenters. The Hall–Kier alpha value is -0.610. The van der Waals surface area contributed by atoms with Crippen LogP contribution in [0.25, 0.3) is 0 Å². The molecule has 0 aromatic heterocycles. The van der Waals surface area contributed by atoms with Gasteiger partial charge in [-0.25, -0.2) is 5.11 Å². The molecule has 1 N–H and O–H groups in total. The molecule has 0 aliphatic rings. The van der Waals surface area contributed by atoms with Crippen LogP contribution in [0.5, 0.6) is 0 Å². The highest BCUT2D eigenvalue weighted by Crippen LogP contribution is 1.78. The second-order valence-corrected chi connectivity index (χ2v) is 2.38. The summed E-state index contributed by atoms with van der Waals surface area (Å²) in [7, 11) is 1.86. The Balaban J connectivity index is 3.36. The predicted octanol–water partition coefficient (Wildman–Crippen LogP) is -0.515. The Morgan fingerprint density at radius 2 is 2.18 bits per heavy atom. The van der Waals surface area contributed by atoms with Crippen molar-refractivity contribution in [3.05, 3.63) is 0 Å². The largest absolute Gasteiger partial charge is 0.353 e. The van der Waals surface area contributed by atoms with Crippen LogP contribution in [0.1, 0.15) is 6.92 Å². The van der Waals surface area contributed by atoms with Gasteiger partial charge in [0.05, 0.1) is 13.2 Å². The maximum atomic E-state index is 10.9. The highest BCUT2D eigenvalue weighted by atomic mass is 16.3. The Kier molecular flexibility index (Phi) is 5.78. The van der Waals surface area contributed by atoms with E-state index in [4.69, 9.17) is 0 Å². The first-order valence-electron chi connectivity index (χ1n) is 3.74. The molecule has 0 aliphatic heterocycles. The lowest BCUT2D eigenvalue weighted by Crippen LogP contribution is -2.36.